The van der Waals surface area contributed by atoms with Gasteiger partial charge in [-0.1, -0.05) is 6.08 Å². The van der Waals surface area contributed by atoms with Crippen LogP contribution < -0.4 is 5.73 Å². The Labute approximate surface area is 115 Å². The summed E-state index contributed by atoms with van der Waals surface area (Å²) in [7, 11) is 0. The zero-order valence-corrected chi connectivity index (χ0v) is 10.7. The zero-order valence-electron chi connectivity index (χ0n) is 10.7. The number of hydrogen-bond donors (Lipinski definition) is 4. The molecule has 1 aliphatic rings. The molecule has 1 aliphatic carbocycles. The van der Waals surface area contributed by atoms with Crippen LogP contribution in [-0.2, 0) is 0 Å². The first kappa shape index (κ1) is 13.0. The summed E-state index contributed by atoms with van der Waals surface area (Å²) in [6.07, 6.45) is 3.31. The van der Waals surface area contributed by atoms with E-state index in [1.165, 1.54) is 0 Å². The van der Waals surface area contributed by atoms with Crippen molar-refractivity contribution in [1.82, 2.24) is 14.5 Å². The number of aromatic nitrogens is 3. The molecule has 0 radical (unpaired) electrons. The van der Waals surface area contributed by atoms with E-state index in [-0.39, 0.29) is 6.61 Å². The van der Waals surface area contributed by atoms with Crippen molar-refractivity contribution in [3.05, 3.63) is 30.2 Å². The van der Waals surface area contributed by atoms with Crippen LogP contribution in [0.15, 0.2) is 30.2 Å². The predicted molar refractivity (Wildman–Crippen MR) is 72.8 cm³/mol. The number of pyridine rings is 1. The molecule has 0 saturated heterocycles. The third kappa shape index (κ3) is 1.87. The summed E-state index contributed by atoms with van der Waals surface area (Å²) in [5, 5.41) is 29.1. The van der Waals surface area contributed by atoms with Gasteiger partial charge in [0.05, 0.1) is 17.9 Å². The van der Waals surface area contributed by atoms with Gasteiger partial charge in [-0.2, -0.15) is 0 Å². The average Bonchev–Trinajstić information content (AvgIpc) is 2.97. The van der Waals surface area contributed by atoms with E-state index in [0.29, 0.717) is 23.3 Å². The van der Waals surface area contributed by atoms with Gasteiger partial charge in [0.15, 0.2) is 5.82 Å². The van der Waals surface area contributed by atoms with Gasteiger partial charge in [-0.05, 0) is 18.1 Å². The monoisotopic (exact) mass is 276 g/mol. The van der Waals surface area contributed by atoms with Gasteiger partial charge in [0.25, 0.3) is 0 Å². The average molecular weight is 276 g/mol. The van der Waals surface area contributed by atoms with E-state index in [4.69, 9.17) is 10.8 Å². The minimum atomic E-state index is -0.969. The molecule has 0 aromatic carbocycles. The van der Waals surface area contributed by atoms with Crippen molar-refractivity contribution in [2.75, 3.05) is 12.3 Å². The summed E-state index contributed by atoms with van der Waals surface area (Å²) in [6, 6.07) is 1.33. The molecule has 0 saturated carbocycles. The molecule has 20 heavy (non-hydrogen) atoms. The number of rotatable bonds is 3. The minimum Gasteiger partial charge on any atom is -0.396 e. The van der Waals surface area contributed by atoms with Gasteiger partial charge in [0.2, 0.25) is 0 Å². The van der Waals surface area contributed by atoms with Crippen molar-refractivity contribution >= 4 is 16.9 Å². The summed E-state index contributed by atoms with van der Waals surface area (Å²) >= 11 is 0. The molecule has 0 aliphatic heterocycles. The van der Waals surface area contributed by atoms with Crippen LogP contribution in [0.5, 0.6) is 0 Å². The molecule has 0 spiro atoms. The Balaban J connectivity index is 2.05. The van der Waals surface area contributed by atoms with Gasteiger partial charge in [-0.25, -0.2) is 9.97 Å². The highest BCUT2D eigenvalue weighted by atomic mass is 16.3. The molecule has 1 unspecified atom stereocenters. The maximum Gasteiger partial charge on any atom is 0.151 e. The van der Waals surface area contributed by atoms with Crippen molar-refractivity contribution in [2.24, 2.45) is 0 Å². The smallest absolute Gasteiger partial charge is 0.151 e. The van der Waals surface area contributed by atoms with Crippen molar-refractivity contribution in [2.45, 2.75) is 24.7 Å². The van der Waals surface area contributed by atoms with Crippen LogP contribution in [0.3, 0.4) is 0 Å². The highest BCUT2D eigenvalue weighted by Gasteiger charge is 2.35. The molecular formula is C13H16N4O3. The van der Waals surface area contributed by atoms with E-state index < -0.39 is 18.2 Å². The van der Waals surface area contributed by atoms with Gasteiger partial charge in [0.1, 0.15) is 17.7 Å². The van der Waals surface area contributed by atoms with Crippen LogP contribution in [0, 0.1) is 0 Å². The summed E-state index contributed by atoms with van der Waals surface area (Å²) in [5.41, 5.74) is 7.70. The van der Waals surface area contributed by atoms with Crippen molar-refractivity contribution in [1.29, 1.82) is 0 Å². The van der Waals surface area contributed by atoms with Crippen LogP contribution in [-0.4, -0.2) is 48.7 Å². The molecule has 3 rings (SSSR count). The van der Waals surface area contributed by atoms with E-state index in [2.05, 4.69) is 9.97 Å². The summed E-state index contributed by atoms with van der Waals surface area (Å²) in [6.45, 7) is -0.0656. The fourth-order valence-electron chi connectivity index (χ4n) is 2.65. The second-order valence-corrected chi connectivity index (χ2v) is 4.86. The lowest BCUT2D eigenvalue weighted by Crippen LogP contribution is -2.29. The standard InChI is InChI=1S/C13H16N4O3/c14-13-10-8(1-3-15-13)17(6-16-10)9-5-7(2-4-18)11(19)12(9)20/h1,3,5-6,9,11-12,18-20H,2,4H2,(H2,14,15)/t9?,11-,12+/m1/s1. The third-order valence-corrected chi connectivity index (χ3v) is 3.68. The van der Waals surface area contributed by atoms with Crippen LogP contribution in [0.1, 0.15) is 12.5 Å². The zero-order chi connectivity index (χ0) is 14.3. The second-order valence-electron chi connectivity index (χ2n) is 4.86. The van der Waals surface area contributed by atoms with Crippen LogP contribution in [0.2, 0.25) is 0 Å². The Bertz CT molecular complexity index is 667. The molecule has 3 atom stereocenters. The Hall–Kier alpha value is -1.96. The van der Waals surface area contributed by atoms with E-state index in [1.807, 2.05) is 0 Å². The van der Waals surface area contributed by atoms with E-state index in [0.717, 1.165) is 5.52 Å². The number of aliphatic hydroxyl groups excluding tert-OH is 3. The van der Waals surface area contributed by atoms with Crippen LogP contribution in [0.25, 0.3) is 11.0 Å². The number of aliphatic hydroxyl groups is 3. The quantitative estimate of drug-likeness (QED) is 0.567. The first-order valence-electron chi connectivity index (χ1n) is 6.38. The number of fused-ring (bicyclic) bond motifs is 1. The SMILES string of the molecule is Nc1nccc2c1ncn2C1C=C(CCO)[C@@H](O)[C@H]1O. The largest absolute Gasteiger partial charge is 0.396 e. The van der Waals surface area contributed by atoms with E-state index >= 15 is 0 Å². The fourth-order valence-corrected chi connectivity index (χ4v) is 2.65. The van der Waals surface area contributed by atoms with E-state index in [9.17, 15) is 10.2 Å². The predicted octanol–water partition coefficient (Wildman–Crippen LogP) is -0.401. The Morgan fingerprint density at radius 1 is 1.30 bits per heavy atom. The molecule has 0 fully saturated rings. The summed E-state index contributed by atoms with van der Waals surface area (Å²) in [4.78, 5) is 8.16. The maximum absolute atomic E-state index is 10.2. The number of nitrogens with two attached hydrogens (primary N) is 1. The normalized spacial score (nSPS) is 26.1. The van der Waals surface area contributed by atoms with Crippen LogP contribution >= 0.6 is 0 Å². The molecule has 0 bridgehead atoms. The Morgan fingerprint density at radius 2 is 2.10 bits per heavy atom. The molecule has 2 aromatic heterocycles. The summed E-state index contributed by atoms with van der Waals surface area (Å²) in [5.74, 6) is 0.328. The molecule has 2 heterocycles. The van der Waals surface area contributed by atoms with Crippen molar-refractivity contribution in [3.63, 3.8) is 0 Å². The topological polar surface area (TPSA) is 117 Å². The Morgan fingerprint density at radius 3 is 2.85 bits per heavy atom. The number of imidazole rings is 1. The van der Waals surface area contributed by atoms with Gasteiger partial charge >= 0.3 is 0 Å². The lowest BCUT2D eigenvalue weighted by atomic mass is 10.1. The molecule has 7 nitrogen and oxygen atoms in total. The summed E-state index contributed by atoms with van der Waals surface area (Å²) < 4.78 is 1.76. The molecular weight excluding hydrogens is 260 g/mol. The first-order chi connectivity index (χ1) is 9.63. The second kappa shape index (κ2) is 4.86. The van der Waals surface area contributed by atoms with Gasteiger partial charge in [0, 0.05) is 12.8 Å². The Kier molecular flexibility index (Phi) is 3.17. The fraction of sp³-hybridized carbons (Fsp3) is 0.385. The van der Waals surface area contributed by atoms with Crippen molar-refractivity contribution in [3.8, 4) is 0 Å². The van der Waals surface area contributed by atoms with E-state index in [1.54, 1.807) is 29.2 Å². The number of nitrogen functional groups attached to an aromatic ring is 1. The molecule has 7 heteroatoms. The van der Waals surface area contributed by atoms with Gasteiger partial charge < -0.3 is 25.6 Å². The third-order valence-electron chi connectivity index (χ3n) is 3.68. The minimum absolute atomic E-state index is 0.0656. The molecule has 2 aromatic rings. The lowest BCUT2D eigenvalue weighted by molar-refractivity contribution is 0.0308. The van der Waals surface area contributed by atoms with Gasteiger partial charge in [-0.15, -0.1) is 0 Å². The first-order valence-corrected chi connectivity index (χ1v) is 6.38. The molecule has 0 amide bonds. The highest BCUT2D eigenvalue weighted by Crippen LogP contribution is 2.33. The number of anilines is 1. The molecule has 106 valence electrons. The lowest BCUT2D eigenvalue weighted by Gasteiger charge is -2.19. The van der Waals surface area contributed by atoms with Crippen molar-refractivity contribution < 1.29 is 15.3 Å². The van der Waals surface area contributed by atoms with Crippen LogP contribution in [0.4, 0.5) is 5.82 Å². The number of hydrogen-bond acceptors (Lipinski definition) is 6. The highest BCUT2D eigenvalue weighted by molar-refractivity contribution is 5.84. The maximum atomic E-state index is 10.2. The van der Waals surface area contributed by atoms with Gasteiger partial charge in [-0.3, -0.25) is 0 Å². The molecule has 5 N–H and O–H groups in total. The number of nitrogens with zero attached hydrogens (tertiary/aromatic N) is 3.